The summed E-state index contributed by atoms with van der Waals surface area (Å²) in [7, 11) is 0. The number of para-hydroxylation sites is 1. The first kappa shape index (κ1) is 17.0. The van der Waals surface area contributed by atoms with E-state index in [0.717, 1.165) is 12.8 Å². The van der Waals surface area contributed by atoms with E-state index in [0.29, 0.717) is 17.0 Å². The number of hydrogen-bond donors (Lipinski definition) is 1. The number of esters is 1. The lowest BCUT2D eigenvalue weighted by molar-refractivity contribution is -0.118. The van der Waals surface area contributed by atoms with Crippen molar-refractivity contribution < 1.29 is 19.1 Å². The fourth-order valence-electron chi connectivity index (χ4n) is 2.95. The molecule has 0 fully saturated rings. The monoisotopic (exact) mass is 339 g/mol. The van der Waals surface area contributed by atoms with Gasteiger partial charge in [-0.15, -0.1) is 0 Å². The van der Waals surface area contributed by atoms with Crippen molar-refractivity contribution in [3.8, 4) is 5.75 Å². The zero-order chi connectivity index (χ0) is 17.6. The average molecular weight is 339 g/mol. The van der Waals surface area contributed by atoms with Crippen LogP contribution in [0.4, 0.5) is 5.69 Å². The minimum Gasteiger partial charge on any atom is -0.484 e. The molecule has 5 nitrogen and oxygen atoms in total. The molecule has 1 aliphatic rings. The number of ether oxygens (including phenoxy) is 2. The molecule has 5 heteroatoms. The Balaban J connectivity index is 1.60. The molecule has 1 amide bonds. The number of hydrogen-bond acceptors (Lipinski definition) is 4. The number of rotatable bonds is 6. The Kier molecular flexibility index (Phi) is 5.33. The summed E-state index contributed by atoms with van der Waals surface area (Å²) in [4.78, 5) is 24.1. The van der Waals surface area contributed by atoms with Crippen LogP contribution in [0.15, 0.2) is 42.5 Å². The van der Waals surface area contributed by atoms with Gasteiger partial charge in [-0.05, 0) is 61.6 Å². The lowest BCUT2D eigenvalue weighted by atomic mass is 10.1. The van der Waals surface area contributed by atoms with E-state index in [2.05, 4.69) is 11.4 Å². The van der Waals surface area contributed by atoms with Crippen LogP contribution in [-0.2, 0) is 22.4 Å². The van der Waals surface area contributed by atoms with E-state index in [1.165, 1.54) is 17.5 Å². The van der Waals surface area contributed by atoms with Crippen molar-refractivity contribution in [3.63, 3.8) is 0 Å². The van der Waals surface area contributed by atoms with Gasteiger partial charge >= 0.3 is 5.97 Å². The lowest BCUT2D eigenvalue weighted by Gasteiger charge is -2.11. The molecule has 0 aromatic heterocycles. The van der Waals surface area contributed by atoms with Crippen LogP contribution in [0, 0.1) is 0 Å². The van der Waals surface area contributed by atoms with Gasteiger partial charge in [-0.1, -0.05) is 18.2 Å². The number of nitrogens with one attached hydrogen (secondary N) is 1. The third-order valence-corrected chi connectivity index (χ3v) is 4.14. The van der Waals surface area contributed by atoms with Crippen LogP contribution < -0.4 is 10.1 Å². The molecule has 2 aromatic rings. The quantitative estimate of drug-likeness (QED) is 0.820. The SMILES string of the molecule is CCOC(=O)c1ccccc1NC(=O)COc1ccc2c(c1)CCC2. The maximum atomic E-state index is 12.2. The molecule has 0 unspecified atom stereocenters. The van der Waals surface area contributed by atoms with Crippen LogP contribution in [0.5, 0.6) is 5.75 Å². The second-order valence-electron chi connectivity index (χ2n) is 5.89. The zero-order valence-corrected chi connectivity index (χ0v) is 14.2. The van der Waals surface area contributed by atoms with E-state index in [1.54, 1.807) is 31.2 Å². The summed E-state index contributed by atoms with van der Waals surface area (Å²) in [5, 5.41) is 2.71. The average Bonchev–Trinajstić information content (AvgIpc) is 3.08. The van der Waals surface area contributed by atoms with Gasteiger partial charge in [0.15, 0.2) is 6.61 Å². The molecular weight excluding hydrogens is 318 g/mol. The molecule has 130 valence electrons. The van der Waals surface area contributed by atoms with Crippen LogP contribution in [-0.4, -0.2) is 25.1 Å². The topological polar surface area (TPSA) is 64.6 Å². The number of aryl methyl sites for hydroxylation is 2. The largest absolute Gasteiger partial charge is 0.484 e. The maximum Gasteiger partial charge on any atom is 0.340 e. The smallest absolute Gasteiger partial charge is 0.340 e. The Hall–Kier alpha value is -2.82. The van der Waals surface area contributed by atoms with E-state index < -0.39 is 5.97 Å². The molecule has 0 spiro atoms. The molecule has 3 rings (SSSR count). The Morgan fingerprint density at radius 3 is 2.72 bits per heavy atom. The van der Waals surface area contributed by atoms with Crippen molar-refractivity contribution >= 4 is 17.6 Å². The van der Waals surface area contributed by atoms with Crippen LogP contribution in [0.1, 0.15) is 34.8 Å². The van der Waals surface area contributed by atoms with Gasteiger partial charge < -0.3 is 14.8 Å². The van der Waals surface area contributed by atoms with E-state index in [1.807, 2.05) is 12.1 Å². The maximum absolute atomic E-state index is 12.2. The van der Waals surface area contributed by atoms with Crippen molar-refractivity contribution in [2.45, 2.75) is 26.2 Å². The summed E-state index contributed by atoms with van der Waals surface area (Å²) in [6, 6.07) is 12.7. The van der Waals surface area contributed by atoms with Gasteiger partial charge in [0.05, 0.1) is 17.9 Å². The summed E-state index contributed by atoms with van der Waals surface area (Å²) < 4.78 is 10.6. The Morgan fingerprint density at radius 1 is 1.08 bits per heavy atom. The summed E-state index contributed by atoms with van der Waals surface area (Å²) in [6.07, 6.45) is 3.34. The van der Waals surface area contributed by atoms with Gasteiger partial charge in [-0.3, -0.25) is 4.79 Å². The van der Waals surface area contributed by atoms with Crippen molar-refractivity contribution in [1.29, 1.82) is 0 Å². The molecule has 0 saturated heterocycles. The van der Waals surface area contributed by atoms with Crippen molar-refractivity contribution in [2.75, 3.05) is 18.5 Å². The molecule has 0 heterocycles. The van der Waals surface area contributed by atoms with Crippen molar-refractivity contribution in [1.82, 2.24) is 0 Å². The molecule has 2 aromatic carbocycles. The number of carbonyl (C=O) groups excluding carboxylic acids is 2. The highest BCUT2D eigenvalue weighted by Gasteiger charge is 2.15. The summed E-state index contributed by atoms with van der Waals surface area (Å²) in [5.41, 5.74) is 3.41. The Morgan fingerprint density at radius 2 is 1.88 bits per heavy atom. The molecule has 0 aliphatic heterocycles. The summed E-state index contributed by atoms with van der Waals surface area (Å²) in [5.74, 6) is -0.0929. The summed E-state index contributed by atoms with van der Waals surface area (Å²) in [6.45, 7) is 1.90. The van der Waals surface area contributed by atoms with Gasteiger partial charge in [-0.2, -0.15) is 0 Å². The highest BCUT2D eigenvalue weighted by molar-refractivity contribution is 6.01. The van der Waals surface area contributed by atoms with Crippen LogP contribution in [0.25, 0.3) is 0 Å². The number of benzene rings is 2. The van der Waals surface area contributed by atoms with Gasteiger partial charge in [0.1, 0.15) is 5.75 Å². The molecule has 0 radical (unpaired) electrons. The fourth-order valence-corrected chi connectivity index (χ4v) is 2.95. The Labute approximate surface area is 147 Å². The third kappa shape index (κ3) is 4.18. The van der Waals surface area contributed by atoms with Gasteiger partial charge in [0, 0.05) is 0 Å². The van der Waals surface area contributed by atoms with Crippen molar-refractivity contribution in [3.05, 3.63) is 59.2 Å². The highest BCUT2D eigenvalue weighted by Crippen LogP contribution is 2.26. The van der Waals surface area contributed by atoms with Gasteiger partial charge in [0.25, 0.3) is 5.91 Å². The first-order valence-corrected chi connectivity index (χ1v) is 8.48. The zero-order valence-electron chi connectivity index (χ0n) is 14.2. The molecule has 1 N–H and O–H groups in total. The second-order valence-corrected chi connectivity index (χ2v) is 5.89. The van der Waals surface area contributed by atoms with Crippen LogP contribution in [0.2, 0.25) is 0 Å². The lowest BCUT2D eigenvalue weighted by Crippen LogP contribution is -2.22. The number of fused-ring (bicyclic) bond motifs is 1. The van der Waals surface area contributed by atoms with Gasteiger partial charge in [0.2, 0.25) is 0 Å². The molecule has 1 aliphatic carbocycles. The second kappa shape index (κ2) is 7.83. The predicted octanol–water partition coefficient (Wildman–Crippen LogP) is 3.37. The fraction of sp³-hybridized carbons (Fsp3) is 0.300. The minimum absolute atomic E-state index is 0.115. The molecule has 25 heavy (non-hydrogen) atoms. The van der Waals surface area contributed by atoms with E-state index in [-0.39, 0.29) is 19.1 Å². The first-order valence-electron chi connectivity index (χ1n) is 8.48. The molecule has 0 bridgehead atoms. The normalized spacial score (nSPS) is 12.4. The van der Waals surface area contributed by atoms with E-state index >= 15 is 0 Å². The third-order valence-electron chi connectivity index (χ3n) is 4.14. The first-order chi connectivity index (χ1) is 12.2. The standard InChI is InChI=1S/C20H21NO4/c1-2-24-20(23)17-8-3-4-9-18(17)21-19(22)13-25-16-11-10-14-6-5-7-15(14)12-16/h3-4,8-12H,2,5-7,13H2,1H3,(H,21,22). The molecular formula is C20H21NO4. The van der Waals surface area contributed by atoms with Crippen molar-refractivity contribution in [2.24, 2.45) is 0 Å². The minimum atomic E-state index is -0.460. The number of anilines is 1. The summed E-state index contributed by atoms with van der Waals surface area (Å²) >= 11 is 0. The van der Waals surface area contributed by atoms with Crippen LogP contribution in [0.3, 0.4) is 0 Å². The van der Waals surface area contributed by atoms with Crippen LogP contribution >= 0.6 is 0 Å². The predicted molar refractivity (Wildman–Crippen MR) is 95.0 cm³/mol. The Bertz CT molecular complexity index is 785. The van der Waals surface area contributed by atoms with E-state index in [9.17, 15) is 9.59 Å². The van der Waals surface area contributed by atoms with E-state index in [4.69, 9.17) is 9.47 Å². The number of amides is 1. The van der Waals surface area contributed by atoms with Gasteiger partial charge in [-0.25, -0.2) is 4.79 Å². The highest BCUT2D eigenvalue weighted by atomic mass is 16.5. The number of carbonyl (C=O) groups is 2. The molecule has 0 saturated carbocycles. The molecule has 0 atom stereocenters.